The minimum absolute atomic E-state index is 0.339. The molecule has 1 rings (SSSR count). The summed E-state index contributed by atoms with van der Waals surface area (Å²) in [7, 11) is 0. The van der Waals surface area contributed by atoms with Crippen molar-refractivity contribution in [2.75, 3.05) is 18.5 Å². The number of carboxylic acid groups (broad SMARTS) is 1. The zero-order valence-corrected chi connectivity index (χ0v) is 9.68. The van der Waals surface area contributed by atoms with Gasteiger partial charge in [-0.3, -0.25) is 0 Å². The number of amides is 2. The van der Waals surface area contributed by atoms with Crippen LogP contribution in [0.25, 0.3) is 0 Å². The highest BCUT2D eigenvalue weighted by Crippen LogP contribution is 2.15. The molecule has 2 amide bonds. The monoisotopic (exact) mass is 250 g/mol. The molecular formula is C12H14N2O4. The number of anilines is 1. The van der Waals surface area contributed by atoms with Gasteiger partial charge in [-0.2, -0.15) is 0 Å². The topological polar surface area (TPSA) is 87.7 Å². The van der Waals surface area contributed by atoms with Gasteiger partial charge in [0, 0.05) is 12.2 Å². The predicted octanol–water partition coefficient (Wildman–Crippen LogP) is 1.46. The van der Waals surface area contributed by atoms with Gasteiger partial charge in [0.15, 0.2) is 6.61 Å². The van der Waals surface area contributed by atoms with Gasteiger partial charge < -0.3 is 20.5 Å². The lowest BCUT2D eigenvalue weighted by Gasteiger charge is -2.07. The molecule has 0 heterocycles. The van der Waals surface area contributed by atoms with Crippen molar-refractivity contribution in [3.63, 3.8) is 0 Å². The maximum absolute atomic E-state index is 11.3. The van der Waals surface area contributed by atoms with E-state index in [1.165, 1.54) is 0 Å². The van der Waals surface area contributed by atoms with Crippen LogP contribution < -0.4 is 15.4 Å². The first-order valence-corrected chi connectivity index (χ1v) is 5.22. The number of carbonyl (C=O) groups is 2. The van der Waals surface area contributed by atoms with Gasteiger partial charge in [-0.05, 0) is 24.3 Å². The van der Waals surface area contributed by atoms with Gasteiger partial charge in [0.05, 0.1) is 0 Å². The lowest BCUT2D eigenvalue weighted by molar-refractivity contribution is -0.139. The summed E-state index contributed by atoms with van der Waals surface area (Å²) >= 11 is 0. The van der Waals surface area contributed by atoms with Gasteiger partial charge in [0.2, 0.25) is 0 Å². The second kappa shape index (κ2) is 6.95. The van der Waals surface area contributed by atoms with E-state index in [1.54, 1.807) is 30.3 Å². The molecule has 0 saturated carbocycles. The molecule has 6 nitrogen and oxygen atoms in total. The zero-order valence-electron chi connectivity index (χ0n) is 9.68. The number of hydrogen-bond donors (Lipinski definition) is 3. The maximum atomic E-state index is 11.3. The second-order valence-corrected chi connectivity index (χ2v) is 3.33. The minimum Gasteiger partial charge on any atom is -0.482 e. The van der Waals surface area contributed by atoms with E-state index in [-0.39, 0.29) is 6.03 Å². The van der Waals surface area contributed by atoms with Crippen molar-refractivity contribution in [3.8, 4) is 5.75 Å². The van der Waals surface area contributed by atoms with Crippen LogP contribution in [-0.2, 0) is 4.79 Å². The van der Waals surface area contributed by atoms with Gasteiger partial charge in [0.1, 0.15) is 5.75 Å². The van der Waals surface area contributed by atoms with Crippen LogP contribution in [0.4, 0.5) is 10.5 Å². The van der Waals surface area contributed by atoms with Crippen molar-refractivity contribution >= 4 is 17.7 Å². The highest BCUT2D eigenvalue weighted by molar-refractivity contribution is 5.89. The van der Waals surface area contributed by atoms with E-state index in [9.17, 15) is 9.59 Å². The lowest BCUT2D eigenvalue weighted by Crippen LogP contribution is -2.28. The standard InChI is InChI=1S/C12H14N2O4/c1-2-7-13-12(17)14-9-3-5-10(6-4-9)18-8-11(15)16/h2-6H,1,7-8H2,(H,15,16)(H2,13,14,17). The van der Waals surface area contributed by atoms with Gasteiger partial charge >= 0.3 is 12.0 Å². The Morgan fingerprint density at radius 3 is 2.56 bits per heavy atom. The molecule has 0 aromatic heterocycles. The number of carboxylic acids is 1. The summed E-state index contributed by atoms with van der Waals surface area (Å²) in [4.78, 5) is 21.6. The van der Waals surface area contributed by atoms with E-state index in [0.717, 1.165) is 0 Å². The Morgan fingerprint density at radius 1 is 1.33 bits per heavy atom. The van der Waals surface area contributed by atoms with E-state index in [2.05, 4.69) is 17.2 Å². The first-order chi connectivity index (χ1) is 8.61. The van der Waals surface area contributed by atoms with Crippen LogP contribution in [0.15, 0.2) is 36.9 Å². The molecule has 3 N–H and O–H groups in total. The van der Waals surface area contributed by atoms with Gasteiger partial charge in [0.25, 0.3) is 0 Å². The molecule has 96 valence electrons. The largest absolute Gasteiger partial charge is 0.482 e. The summed E-state index contributed by atoms with van der Waals surface area (Å²) in [5.74, 6) is -0.615. The van der Waals surface area contributed by atoms with Crippen molar-refractivity contribution in [3.05, 3.63) is 36.9 Å². The minimum atomic E-state index is -1.04. The van der Waals surface area contributed by atoms with Crippen LogP contribution in [-0.4, -0.2) is 30.3 Å². The van der Waals surface area contributed by atoms with Crippen LogP contribution in [0.5, 0.6) is 5.75 Å². The maximum Gasteiger partial charge on any atom is 0.341 e. The van der Waals surface area contributed by atoms with Crippen molar-refractivity contribution in [2.45, 2.75) is 0 Å². The van der Waals surface area contributed by atoms with E-state index in [1.807, 2.05) is 0 Å². The highest BCUT2D eigenvalue weighted by atomic mass is 16.5. The van der Waals surface area contributed by atoms with E-state index >= 15 is 0 Å². The molecule has 0 atom stereocenters. The molecule has 0 fully saturated rings. The Hall–Kier alpha value is -2.50. The quantitative estimate of drug-likeness (QED) is 0.667. The fourth-order valence-corrected chi connectivity index (χ4v) is 1.12. The summed E-state index contributed by atoms with van der Waals surface area (Å²) < 4.78 is 4.95. The third kappa shape index (κ3) is 5.02. The molecule has 0 aliphatic carbocycles. The summed E-state index contributed by atoms with van der Waals surface area (Å²) in [5.41, 5.74) is 0.583. The van der Waals surface area contributed by atoms with Gasteiger partial charge in [-0.1, -0.05) is 6.08 Å². The number of carbonyl (C=O) groups excluding carboxylic acids is 1. The molecule has 0 bridgehead atoms. The van der Waals surface area contributed by atoms with Crippen LogP contribution in [0, 0.1) is 0 Å². The van der Waals surface area contributed by atoms with Crippen LogP contribution in [0.2, 0.25) is 0 Å². The molecule has 0 spiro atoms. The Labute approximate surface area is 104 Å². The van der Waals surface area contributed by atoms with Crippen LogP contribution >= 0.6 is 0 Å². The van der Waals surface area contributed by atoms with E-state index < -0.39 is 12.6 Å². The molecule has 18 heavy (non-hydrogen) atoms. The molecule has 6 heteroatoms. The van der Waals surface area contributed by atoms with E-state index in [0.29, 0.717) is 18.0 Å². The predicted molar refractivity (Wildman–Crippen MR) is 66.8 cm³/mol. The SMILES string of the molecule is C=CCNC(=O)Nc1ccc(OCC(=O)O)cc1. The Bertz CT molecular complexity index is 428. The number of urea groups is 1. The number of rotatable bonds is 6. The summed E-state index contributed by atoms with van der Waals surface area (Å²) in [5, 5.41) is 13.6. The molecule has 0 saturated heterocycles. The number of ether oxygens (including phenoxy) is 1. The zero-order chi connectivity index (χ0) is 13.4. The normalized spacial score (nSPS) is 9.33. The third-order valence-electron chi connectivity index (χ3n) is 1.88. The van der Waals surface area contributed by atoms with Crippen LogP contribution in [0.1, 0.15) is 0 Å². The summed E-state index contributed by atoms with van der Waals surface area (Å²) in [6.07, 6.45) is 1.57. The van der Waals surface area contributed by atoms with Crippen LogP contribution in [0.3, 0.4) is 0 Å². The highest BCUT2D eigenvalue weighted by Gasteiger charge is 2.01. The third-order valence-corrected chi connectivity index (χ3v) is 1.88. The molecule has 0 aliphatic heterocycles. The smallest absolute Gasteiger partial charge is 0.341 e. The van der Waals surface area contributed by atoms with Gasteiger partial charge in [-0.15, -0.1) is 6.58 Å². The summed E-state index contributed by atoms with van der Waals surface area (Å²) in [6, 6.07) is 6.04. The Morgan fingerprint density at radius 2 is 2.00 bits per heavy atom. The van der Waals surface area contributed by atoms with Gasteiger partial charge in [-0.25, -0.2) is 9.59 Å². The fourth-order valence-electron chi connectivity index (χ4n) is 1.12. The number of aliphatic carboxylic acids is 1. The Balaban J connectivity index is 2.46. The van der Waals surface area contributed by atoms with Crippen molar-refractivity contribution in [1.29, 1.82) is 0 Å². The average molecular weight is 250 g/mol. The molecule has 0 aliphatic rings. The number of benzene rings is 1. The molecule has 0 unspecified atom stereocenters. The lowest BCUT2D eigenvalue weighted by atomic mass is 10.3. The van der Waals surface area contributed by atoms with Crippen molar-refractivity contribution in [1.82, 2.24) is 5.32 Å². The van der Waals surface area contributed by atoms with Crippen molar-refractivity contribution < 1.29 is 19.4 Å². The summed E-state index contributed by atoms with van der Waals surface area (Å²) in [6.45, 7) is 3.46. The second-order valence-electron chi connectivity index (χ2n) is 3.33. The van der Waals surface area contributed by atoms with E-state index in [4.69, 9.17) is 9.84 Å². The molecule has 1 aromatic carbocycles. The Kier molecular flexibility index (Phi) is 5.24. The molecule has 0 radical (unpaired) electrons. The number of hydrogen-bond acceptors (Lipinski definition) is 3. The number of nitrogens with one attached hydrogen (secondary N) is 2. The first-order valence-electron chi connectivity index (χ1n) is 5.22. The molecular weight excluding hydrogens is 236 g/mol. The van der Waals surface area contributed by atoms with Crippen molar-refractivity contribution in [2.24, 2.45) is 0 Å². The fraction of sp³-hybridized carbons (Fsp3) is 0.167. The molecule has 1 aromatic rings. The first kappa shape index (κ1) is 13.6. The average Bonchev–Trinajstić information content (AvgIpc) is 2.35.